The van der Waals surface area contributed by atoms with Gasteiger partial charge >= 0.3 is 5.97 Å². The third-order valence-electron chi connectivity index (χ3n) is 5.18. The van der Waals surface area contributed by atoms with Gasteiger partial charge in [0, 0.05) is 25.1 Å². The number of benzene rings is 1. The highest BCUT2D eigenvalue weighted by Gasteiger charge is 2.31. The van der Waals surface area contributed by atoms with Gasteiger partial charge in [0.2, 0.25) is 10.0 Å². The molecule has 2 aliphatic rings. The Morgan fingerprint density at radius 1 is 1.21 bits per heavy atom. The lowest BCUT2D eigenvalue weighted by Gasteiger charge is -2.30. The number of amides is 1. The standard InChI is InChI=1S/C19H26N2O6S/c1-2-28(24,25)21-10-7-14(8-11-21)19(23)27-13-18(22)20-16-9-12-26-17-6-4-3-5-15(16)17/h3-6,14,16H,2,7-13H2,1H3,(H,20,22). The number of rotatable bonds is 6. The molecule has 1 aromatic rings. The summed E-state index contributed by atoms with van der Waals surface area (Å²) in [5, 5.41) is 2.88. The Bertz CT molecular complexity index is 817. The van der Waals surface area contributed by atoms with Crippen molar-refractivity contribution in [3.63, 3.8) is 0 Å². The van der Waals surface area contributed by atoms with Crippen molar-refractivity contribution in [1.82, 2.24) is 9.62 Å². The van der Waals surface area contributed by atoms with Crippen molar-refractivity contribution in [3.8, 4) is 5.75 Å². The van der Waals surface area contributed by atoms with Gasteiger partial charge in [0.15, 0.2) is 6.61 Å². The number of ether oxygens (including phenoxy) is 2. The van der Waals surface area contributed by atoms with Crippen molar-refractivity contribution >= 4 is 21.9 Å². The van der Waals surface area contributed by atoms with Gasteiger partial charge in [-0.05, 0) is 25.8 Å². The number of hydrogen-bond donors (Lipinski definition) is 1. The van der Waals surface area contributed by atoms with Crippen LogP contribution < -0.4 is 10.1 Å². The fourth-order valence-electron chi connectivity index (χ4n) is 3.53. The number of esters is 1. The molecule has 3 rings (SSSR count). The number of carbonyl (C=O) groups excluding carboxylic acids is 2. The van der Waals surface area contributed by atoms with Gasteiger partial charge in [-0.25, -0.2) is 12.7 Å². The van der Waals surface area contributed by atoms with Crippen LogP contribution in [0.4, 0.5) is 0 Å². The first-order valence-corrected chi connectivity index (χ1v) is 11.2. The smallest absolute Gasteiger partial charge is 0.309 e. The Morgan fingerprint density at radius 3 is 2.64 bits per heavy atom. The zero-order valence-electron chi connectivity index (χ0n) is 15.9. The van der Waals surface area contributed by atoms with E-state index >= 15 is 0 Å². The second kappa shape index (κ2) is 8.91. The second-order valence-corrected chi connectivity index (χ2v) is 9.23. The summed E-state index contributed by atoms with van der Waals surface area (Å²) in [6, 6.07) is 7.36. The van der Waals surface area contributed by atoms with E-state index in [9.17, 15) is 18.0 Å². The SMILES string of the molecule is CCS(=O)(=O)N1CCC(C(=O)OCC(=O)NC2CCOc3ccccc32)CC1. The highest BCUT2D eigenvalue weighted by atomic mass is 32.2. The van der Waals surface area contributed by atoms with Crippen LogP contribution in [0.25, 0.3) is 0 Å². The molecule has 0 bridgehead atoms. The van der Waals surface area contributed by atoms with Gasteiger partial charge < -0.3 is 14.8 Å². The molecule has 0 spiro atoms. The molecule has 28 heavy (non-hydrogen) atoms. The summed E-state index contributed by atoms with van der Waals surface area (Å²) in [6.45, 7) is 2.39. The highest BCUT2D eigenvalue weighted by molar-refractivity contribution is 7.89. The molecule has 2 heterocycles. The summed E-state index contributed by atoms with van der Waals surface area (Å²) >= 11 is 0. The van der Waals surface area contributed by atoms with Crippen molar-refractivity contribution in [2.24, 2.45) is 5.92 Å². The summed E-state index contributed by atoms with van der Waals surface area (Å²) in [5.41, 5.74) is 0.915. The quantitative estimate of drug-likeness (QED) is 0.708. The molecule has 0 aliphatic carbocycles. The maximum atomic E-state index is 12.2. The van der Waals surface area contributed by atoms with E-state index in [1.165, 1.54) is 4.31 Å². The number of sulfonamides is 1. The number of para-hydroxylation sites is 1. The topological polar surface area (TPSA) is 102 Å². The monoisotopic (exact) mass is 410 g/mol. The molecule has 8 nitrogen and oxygen atoms in total. The third kappa shape index (κ3) is 4.82. The van der Waals surface area contributed by atoms with Crippen LogP contribution in [0.2, 0.25) is 0 Å². The van der Waals surface area contributed by atoms with Gasteiger partial charge in [-0.1, -0.05) is 18.2 Å². The molecule has 1 amide bonds. The molecule has 1 saturated heterocycles. The Hall–Kier alpha value is -2.13. The summed E-state index contributed by atoms with van der Waals surface area (Å²) in [7, 11) is -3.23. The second-order valence-electron chi connectivity index (χ2n) is 6.98. The number of nitrogens with zero attached hydrogens (tertiary/aromatic N) is 1. The Morgan fingerprint density at radius 2 is 1.93 bits per heavy atom. The molecule has 9 heteroatoms. The lowest BCUT2D eigenvalue weighted by molar-refractivity contribution is -0.153. The van der Waals surface area contributed by atoms with Crippen LogP contribution >= 0.6 is 0 Å². The Balaban J connectivity index is 1.45. The first-order valence-electron chi connectivity index (χ1n) is 9.56. The van der Waals surface area contributed by atoms with Gasteiger partial charge in [-0.15, -0.1) is 0 Å². The van der Waals surface area contributed by atoms with Crippen molar-refractivity contribution in [2.45, 2.75) is 32.2 Å². The van der Waals surface area contributed by atoms with E-state index in [2.05, 4.69) is 5.32 Å². The minimum atomic E-state index is -3.23. The summed E-state index contributed by atoms with van der Waals surface area (Å²) < 4.78 is 35.9. The van der Waals surface area contributed by atoms with Gasteiger partial charge in [0.05, 0.1) is 24.3 Å². The van der Waals surface area contributed by atoms with Crippen LogP contribution in [-0.4, -0.2) is 56.7 Å². The molecule has 1 fully saturated rings. The van der Waals surface area contributed by atoms with Gasteiger partial charge in [0.25, 0.3) is 5.91 Å². The maximum absolute atomic E-state index is 12.2. The minimum absolute atomic E-state index is 0.0532. The third-order valence-corrected chi connectivity index (χ3v) is 7.07. The zero-order valence-corrected chi connectivity index (χ0v) is 16.7. The van der Waals surface area contributed by atoms with E-state index in [0.717, 1.165) is 11.3 Å². The molecule has 0 aromatic heterocycles. The summed E-state index contributed by atoms with van der Waals surface area (Å²) in [6.07, 6.45) is 1.47. The Kier molecular flexibility index (Phi) is 6.56. The maximum Gasteiger partial charge on any atom is 0.309 e. The van der Waals surface area contributed by atoms with Gasteiger partial charge in [-0.2, -0.15) is 0 Å². The molecule has 2 aliphatic heterocycles. The fourth-order valence-corrected chi connectivity index (χ4v) is 4.67. The van der Waals surface area contributed by atoms with Crippen LogP contribution in [0.3, 0.4) is 0 Å². The Labute approximate surface area is 165 Å². The highest BCUT2D eigenvalue weighted by Crippen LogP contribution is 2.31. The van der Waals surface area contributed by atoms with Gasteiger partial charge in [-0.3, -0.25) is 9.59 Å². The number of piperidine rings is 1. The van der Waals surface area contributed by atoms with E-state index in [1.807, 2.05) is 24.3 Å². The lowest BCUT2D eigenvalue weighted by atomic mass is 9.98. The zero-order chi connectivity index (χ0) is 20.1. The molecule has 1 aromatic carbocycles. The van der Waals surface area contributed by atoms with Crippen LogP contribution in [0.5, 0.6) is 5.75 Å². The van der Waals surface area contributed by atoms with Crippen molar-refractivity contribution in [1.29, 1.82) is 0 Å². The average molecular weight is 410 g/mol. The van der Waals surface area contributed by atoms with Crippen LogP contribution in [-0.2, 0) is 24.3 Å². The van der Waals surface area contributed by atoms with E-state index in [-0.39, 0.29) is 30.2 Å². The molecule has 1 N–H and O–H groups in total. The minimum Gasteiger partial charge on any atom is -0.493 e. The summed E-state index contributed by atoms with van der Waals surface area (Å²) in [5.74, 6) is -0.376. The van der Waals surface area contributed by atoms with Crippen LogP contribution in [0, 0.1) is 5.92 Å². The van der Waals surface area contributed by atoms with Crippen molar-refractivity contribution < 1.29 is 27.5 Å². The predicted octanol–water partition coefficient (Wildman–Crippen LogP) is 1.23. The fraction of sp³-hybridized carbons (Fsp3) is 0.579. The van der Waals surface area contributed by atoms with Crippen LogP contribution in [0.1, 0.15) is 37.8 Å². The van der Waals surface area contributed by atoms with Crippen molar-refractivity contribution in [2.75, 3.05) is 32.1 Å². The molecule has 1 atom stereocenters. The largest absolute Gasteiger partial charge is 0.493 e. The molecular weight excluding hydrogens is 384 g/mol. The molecule has 154 valence electrons. The molecule has 0 radical (unpaired) electrons. The normalized spacial score (nSPS) is 20.7. The molecular formula is C19H26N2O6S. The summed E-state index contributed by atoms with van der Waals surface area (Å²) in [4.78, 5) is 24.4. The number of carbonyl (C=O) groups is 2. The molecule has 0 saturated carbocycles. The van der Waals surface area contributed by atoms with E-state index in [0.29, 0.717) is 39.0 Å². The van der Waals surface area contributed by atoms with Crippen LogP contribution in [0.15, 0.2) is 24.3 Å². The lowest BCUT2D eigenvalue weighted by Crippen LogP contribution is -2.42. The van der Waals surface area contributed by atoms with E-state index in [4.69, 9.17) is 9.47 Å². The van der Waals surface area contributed by atoms with Gasteiger partial charge in [0.1, 0.15) is 5.75 Å². The predicted molar refractivity (Wildman–Crippen MR) is 102 cm³/mol. The number of nitrogens with one attached hydrogen (secondary N) is 1. The van der Waals surface area contributed by atoms with E-state index < -0.39 is 16.0 Å². The number of fused-ring (bicyclic) bond motifs is 1. The first kappa shape index (κ1) is 20.6. The number of hydrogen-bond acceptors (Lipinski definition) is 6. The average Bonchev–Trinajstić information content (AvgIpc) is 2.72. The molecule has 1 unspecified atom stereocenters. The first-order chi connectivity index (χ1) is 13.4. The van der Waals surface area contributed by atoms with E-state index in [1.54, 1.807) is 6.92 Å². The van der Waals surface area contributed by atoms with Crippen molar-refractivity contribution in [3.05, 3.63) is 29.8 Å².